The predicted octanol–water partition coefficient (Wildman–Crippen LogP) is 2.93. The lowest BCUT2D eigenvalue weighted by atomic mass is 10.2. The van der Waals surface area contributed by atoms with Gasteiger partial charge in [0.25, 0.3) is 0 Å². The van der Waals surface area contributed by atoms with Crippen molar-refractivity contribution in [1.29, 1.82) is 0 Å². The summed E-state index contributed by atoms with van der Waals surface area (Å²) in [6.45, 7) is 5.72. The maximum Gasteiger partial charge on any atom is 0.123 e. The van der Waals surface area contributed by atoms with Crippen LogP contribution in [-0.4, -0.2) is 38.8 Å². The number of hydrogen-bond acceptors (Lipinski definition) is 3. The van der Waals surface area contributed by atoms with Crippen LogP contribution in [0.5, 0.6) is 5.75 Å². The molecule has 3 nitrogen and oxygen atoms in total. The first-order chi connectivity index (χ1) is 8.21. The molecule has 17 heavy (non-hydrogen) atoms. The van der Waals surface area contributed by atoms with E-state index >= 15 is 0 Å². The number of nitrogens with zero attached hydrogens (tertiary/aromatic N) is 1. The third-order valence-electron chi connectivity index (χ3n) is 2.70. The Bertz CT molecular complexity index is 344. The summed E-state index contributed by atoms with van der Waals surface area (Å²) in [4.78, 5) is 2.33. The highest BCUT2D eigenvalue weighted by atomic mass is 79.9. The van der Waals surface area contributed by atoms with Gasteiger partial charge < -0.3 is 9.47 Å². The Kier molecular flexibility index (Phi) is 6.55. The van der Waals surface area contributed by atoms with Gasteiger partial charge in [-0.2, -0.15) is 0 Å². The van der Waals surface area contributed by atoms with Gasteiger partial charge >= 0.3 is 0 Å². The van der Waals surface area contributed by atoms with E-state index in [0.717, 1.165) is 36.5 Å². The molecular formula is C13H20BrNO2. The number of halogens is 1. The molecule has 0 spiro atoms. The van der Waals surface area contributed by atoms with Crippen molar-refractivity contribution >= 4 is 15.9 Å². The Morgan fingerprint density at radius 1 is 1.29 bits per heavy atom. The maximum atomic E-state index is 5.37. The highest BCUT2D eigenvalue weighted by Crippen LogP contribution is 2.24. The van der Waals surface area contributed by atoms with Crippen LogP contribution in [-0.2, 0) is 11.3 Å². The molecule has 0 saturated carbocycles. The molecule has 0 bridgehead atoms. The molecule has 0 aromatic heterocycles. The largest absolute Gasteiger partial charge is 0.496 e. The summed E-state index contributed by atoms with van der Waals surface area (Å²) < 4.78 is 11.6. The van der Waals surface area contributed by atoms with Crippen LogP contribution < -0.4 is 4.74 Å². The summed E-state index contributed by atoms with van der Waals surface area (Å²) >= 11 is 3.49. The second-order valence-corrected chi connectivity index (χ2v) is 4.73. The molecular weight excluding hydrogens is 282 g/mol. The minimum absolute atomic E-state index is 0.754. The van der Waals surface area contributed by atoms with Gasteiger partial charge in [0.2, 0.25) is 0 Å². The fourth-order valence-electron chi connectivity index (χ4n) is 1.68. The molecule has 0 heterocycles. The van der Waals surface area contributed by atoms with Gasteiger partial charge in [0.15, 0.2) is 0 Å². The van der Waals surface area contributed by atoms with Crippen molar-refractivity contribution in [2.45, 2.75) is 13.5 Å². The SMILES string of the molecule is CCN(CCOC)Cc1cc(Br)ccc1OC. The zero-order chi connectivity index (χ0) is 12.7. The Morgan fingerprint density at radius 3 is 2.65 bits per heavy atom. The van der Waals surface area contributed by atoms with E-state index in [4.69, 9.17) is 9.47 Å². The van der Waals surface area contributed by atoms with Gasteiger partial charge in [-0.25, -0.2) is 0 Å². The lowest BCUT2D eigenvalue weighted by molar-refractivity contribution is 0.147. The van der Waals surface area contributed by atoms with Crippen molar-refractivity contribution in [1.82, 2.24) is 4.90 Å². The highest BCUT2D eigenvalue weighted by molar-refractivity contribution is 9.10. The highest BCUT2D eigenvalue weighted by Gasteiger charge is 2.08. The minimum atomic E-state index is 0.754. The van der Waals surface area contributed by atoms with Crippen molar-refractivity contribution < 1.29 is 9.47 Å². The van der Waals surface area contributed by atoms with Crippen molar-refractivity contribution in [3.63, 3.8) is 0 Å². The molecule has 1 aromatic rings. The zero-order valence-corrected chi connectivity index (χ0v) is 12.3. The van der Waals surface area contributed by atoms with Crippen LogP contribution in [0.15, 0.2) is 22.7 Å². The van der Waals surface area contributed by atoms with E-state index in [0.29, 0.717) is 0 Å². The third-order valence-corrected chi connectivity index (χ3v) is 3.19. The van der Waals surface area contributed by atoms with E-state index in [1.54, 1.807) is 14.2 Å². The smallest absolute Gasteiger partial charge is 0.123 e. The van der Waals surface area contributed by atoms with Crippen LogP contribution in [0.1, 0.15) is 12.5 Å². The standard InChI is InChI=1S/C13H20BrNO2/c1-4-15(7-8-16-2)10-11-9-12(14)5-6-13(11)17-3/h5-6,9H,4,7-8,10H2,1-3H3. The van der Waals surface area contributed by atoms with Crippen molar-refractivity contribution in [3.05, 3.63) is 28.2 Å². The molecule has 0 amide bonds. The molecule has 4 heteroatoms. The number of rotatable bonds is 7. The first-order valence-electron chi connectivity index (χ1n) is 5.75. The normalized spacial score (nSPS) is 10.9. The Hall–Kier alpha value is -0.580. The molecule has 0 aliphatic heterocycles. The number of methoxy groups -OCH3 is 2. The van der Waals surface area contributed by atoms with Gasteiger partial charge in [-0.1, -0.05) is 22.9 Å². The first kappa shape index (κ1) is 14.5. The van der Waals surface area contributed by atoms with E-state index in [-0.39, 0.29) is 0 Å². The second-order valence-electron chi connectivity index (χ2n) is 3.82. The Labute approximate surface area is 112 Å². The van der Waals surface area contributed by atoms with E-state index in [1.807, 2.05) is 12.1 Å². The van der Waals surface area contributed by atoms with Gasteiger partial charge in [-0.05, 0) is 24.7 Å². The monoisotopic (exact) mass is 301 g/mol. The number of hydrogen-bond donors (Lipinski definition) is 0. The predicted molar refractivity (Wildman–Crippen MR) is 73.5 cm³/mol. The number of benzene rings is 1. The van der Waals surface area contributed by atoms with Gasteiger partial charge in [0, 0.05) is 30.2 Å². The average molecular weight is 302 g/mol. The molecule has 0 N–H and O–H groups in total. The van der Waals surface area contributed by atoms with Crippen LogP contribution >= 0.6 is 15.9 Å². The van der Waals surface area contributed by atoms with Crippen molar-refractivity contribution in [3.8, 4) is 5.75 Å². The first-order valence-corrected chi connectivity index (χ1v) is 6.54. The van der Waals surface area contributed by atoms with E-state index < -0.39 is 0 Å². The van der Waals surface area contributed by atoms with Crippen molar-refractivity contribution in [2.24, 2.45) is 0 Å². The van der Waals surface area contributed by atoms with Crippen LogP contribution in [0.4, 0.5) is 0 Å². The summed E-state index contributed by atoms with van der Waals surface area (Å²) in [5.41, 5.74) is 1.19. The molecule has 0 unspecified atom stereocenters. The van der Waals surface area contributed by atoms with Gasteiger partial charge in [0.05, 0.1) is 13.7 Å². The molecule has 0 saturated heterocycles. The fraction of sp³-hybridized carbons (Fsp3) is 0.538. The summed E-state index contributed by atoms with van der Waals surface area (Å²) in [6, 6.07) is 6.09. The van der Waals surface area contributed by atoms with Crippen LogP contribution in [0.2, 0.25) is 0 Å². The van der Waals surface area contributed by atoms with Gasteiger partial charge in [-0.3, -0.25) is 4.90 Å². The van der Waals surface area contributed by atoms with E-state index in [9.17, 15) is 0 Å². The molecule has 0 radical (unpaired) electrons. The summed E-state index contributed by atoms with van der Waals surface area (Å²) in [7, 11) is 3.44. The van der Waals surface area contributed by atoms with Gasteiger partial charge in [-0.15, -0.1) is 0 Å². The lowest BCUT2D eigenvalue weighted by Gasteiger charge is -2.21. The summed E-state index contributed by atoms with van der Waals surface area (Å²) in [6.07, 6.45) is 0. The van der Waals surface area contributed by atoms with Gasteiger partial charge in [0.1, 0.15) is 5.75 Å². The number of likely N-dealkylation sites (N-methyl/N-ethyl adjacent to an activating group) is 1. The summed E-state index contributed by atoms with van der Waals surface area (Å²) in [5, 5.41) is 0. The minimum Gasteiger partial charge on any atom is -0.496 e. The lowest BCUT2D eigenvalue weighted by Crippen LogP contribution is -2.26. The van der Waals surface area contributed by atoms with Crippen LogP contribution in [0.25, 0.3) is 0 Å². The van der Waals surface area contributed by atoms with Crippen LogP contribution in [0, 0.1) is 0 Å². The third kappa shape index (κ3) is 4.66. The van der Waals surface area contributed by atoms with Crippen molar-refractivity contribution in [2.75, 3.05) is 33.9 Å². The molecule has 96 valence electrons. The second kappa shape index (κ2) is 7.69. The summed E-state index contributed by atoms with van der Waals surface area (Å²) in [5.74, 6) is 0.934. The van der Waals surface area contributed by atoms with E-state index in [2.05, 4.69) is 33.8 Å². The quantitative estimate of drug-likeness (QED) is 0.773. The Balaban J connectivity index is 2.73. The average Bonchev–Trinajstić information content (AvgIpc) is 2.34. The molecule has 0 aliphatic rings. The maximum absolute atomic E-state index is 5.37. The molecule has 0 aliphatic carbocycles. The topological polar surface area (TPSA) is 21.7 Å². The van der Waals surface area contributed by atoms with E-state index in [1.165, 1.54) is 5.56 Å². The Morgan fingerprint density at radius 2 is 2.06 bits per heavy atom. The zero-order valence-electron chi connectivity index (χ0n) is 10.7. The van der Waals surface area contributed by atoms with Crippen LogP contribution in [0.3, 0.4) is 0 Å². The molecule has 0 fully saturated rings. The molecule has 1 aromatic carbocycles. The molecule has 0 atom stereocenters. The number of ether oxygens (including phenoxy) is 2. The molecule has 1 rings (SSSR count). The fourth-order valence-corrected chi connectivity index (χ4v) is 2.09.